The van der Waals surface area contributed by atoms with Gasteiger partial charge in [-0.2, -0.15) is 0 Å². The largest absolute Gasteiger partial charge is 0.396 e. The molecule has 0 amide bonds. The molecule has 1 aromatic rings. The fourth-order valence-corrected chi connectivity index (χ4v) is 2.33. The quantitative estimate of drug-likeness (QED) is 0.511. The molecular weight excluding hydrogens is 218 g/mol. The average Bonchev–Trinajstić information content (AvgIpc) is 2.84. The second kappa shape index (κ2) is 5.79. The summed E-state index contributed by atoms with van der Waals surface area (Å²) in [5, 5.41) is 8.89. The molecule has 1 saturated heterocycles. The molecule has 17 heavy (non-hydrogen) atoms. The molecule has 6 nitrogen and oxygen atoms in total. The number of hydrazine groups is 1. The summed E-state index contributed by atoms with van der Waals surface area (Å²) in [6, 6.07) is 0.462. The molecule has 1 unspecified atom stereocenters. The van der Waals surface area contributed by atoms with Gasteiger partial charge in [0, 0.05) is 19.2 Å². The van der Waals surface area contributed by atoms with Crippen LogP contribution in [0.3, 0.4) is 0 Å². The molecule has 4 N–H and O–H groups in total. The number of anilines is 2. The van der Waals surface area contributed by atoms with E-state index in [0.29, 0.717) is 11.9 Å². The van der Waals surface area contributed by atoms with Crippen molar-refractivity contribution >= 4 is 11.6 Å². The minimum atomic E-state index is 0.250. The maximum Gasteiger partial charge on any atom is 0.160 e. The maximum absolute atomic E-state index is 8.89. The Morgan fingerprint density at radius 3 is 3.18 bits per heavy atom. The molecule has 2 rings (SSSR count). The van der Waals surface area contributed by atoms with Gasteiger partial charge in [0.25, 0.3) is 0 Å². The summed E-state index contributed by atoms with van der Waals surface area (Å²) in [7, 11) is 0. The topological polar surface area (TPSA) is 87.3 Å². The van der Waals surface area contributed by atoms with E-state index in [1.54, 1.807) is 12.4 Å². The summed E-state index contributed by atoms with van der Waals surface area (Å²) in [5.74, 6) is 6.77. The van der Waals surface area contributed by atoms with Crippen molar-refractivity contribution in [1.82, 2.24) is 9.97 Å². The minimum Gasteiger partial charge on any atom is -0.396 e. The highest BCUT2D eigenvalue weighted by molar-refractivity contribution is 5.44. The molecule has 0 bridgehead atoms. The standard InChI is InChI=1S/C11H19N5O/c12-15-10-7-13-8-11(14-10)16-5-1-3-9(16)4-2-6-17/h7-9,17H,1-6,12H2,(H,14,15). The van der Waals surface area contributed by atoms with Crippen LogP contribution in [0.4, 0.5) is 11.6 Å². The van der Waals surface area contributed by atoms with Gasteiger partial charge in [-0.25, -0.2) is 10.8 Å². The number of aliphatic hydroxyl groups excluding tert-OH is 1. The summed E-state index contributed by atoms with van der Waals surface area (Å²) in [5.41, 5.74) is 2.51. The Balaban J connectivity index is 2.08. The smallest absolute Gasteiger partial charge is 0.160 e. The van der Waals surface area contributed by atoms with E-state index >= 15 is 0 Å². The number of nitrogen functional groups attached to an aromatic ring is 1. The number of hydrogen-bond acceptors (Lipinski definition) is 6. The Hall–Kier alpha value is -1.40. The van der Waals surface area contributed by atoms with Crippen LogP contribution in [0.1, 0.15) is 25.7 Å². The summed E-state index contributed by atoms with van der Waals surface area (Å²) in [6.45, 7) is 1.25. The first-order valence-corrected chi connectivity index (χ1v) is 6.01. The molecule has 1 aliphatic rings. The number of rotatable bonds is 5. The average molecular weight is 237 g/mol. The van der Waals surface area contributed by atoms with Crippen molar-refractivity contribution in [3.8, 4) is 0 Å². The van der Waals surface area contributed by atoms with E-state index in [0.717, 1.165) is 38.0 Å². The zero-order valence-corrected chi connectivity index (χ0v) is 9.84. The number of nitrogens with one attached hydrogen (secondary N) is 1. The van der Waals surface area contributed by atoms with Crippen LogP contribution >= 0.6 is 0 Å². The van der Waals surface area contributed by atoms with Gasteiger partial charge in [0.05, 0.1) is 12.4 Å². The predicted molar refractivity (Wildman–Crippen MR) is 66.5 cm³/mol. The highest BCUT2D eigenvalue weighted by Crippen LogP contribution is 2.26. The van der Waals surface area contributed by atoms with E-state index in [1.165, 1.54) is 0 Å². The van der Waals surface area contributed by atoms with Crippen LogP contribution in [-0.2, 0) is 0 Å². The van der Waals surface area contributed by atoms with Gasteiger partial charge < -0.3 is 15.4 Å². The van der Waals surface area contributed by atoms with Gasteiger partial charge in [-0.15, -0.1) is 0 Å². The highest BCUT2D eigenvalue weighted by atomic mass is 16.2. The van der Waals surface area contributed by atoms with E-state index in [9.17, 15) is 0 Å². The Morgan fingerprint density at radius 1 is 1.53 bits per heavy atom. The first kappa shape index (κ1) is 12.1. The van der Waals surface area contributed by atoms with Crippen LogP contribution in [0.2, 0.25) is 0 Å². The molecule has 0 saturated carbocycles. The van der Waals surface area contributed by atoms with Crippen molar-refractivity contribution in [1.29, 1.82) is 0 Å². The summed E-state index contributed by atoms with van der Waals surface area (Å²) in [4.78, 5) is 10.8. The number of hydrogen-bond donors (Lipinski definition) is 3. The third-order valence-electron chi connectivity index (χ3n) is 3.14. The van der Waals surface area contributed by atoms with Gasteiger partial charge in [-0.1, -0.05) is 0 Å². The fourth-order valence-electron chi connectivity index (χ4n) is 2.33. The van der Waals surface area contributed by atoms with Crippen LogP contribution < -0.4 is 16.2 Å². The lowest BCUT2D eigenvalue weighted by Crippen LogP contribution is -2.30. The summed E-state index contributed by atoms with van der Waals surface area (Å²) >= 11 is 0. The van der Waals surface area contributed by atoms with Gasteiger partial charge in [-0.05, 0) is 25.7 Å². The molecule has 6 heteroatoms. The van der Waals surface area contributed by atoms with E-state index < -0.39 is 0 Å². The van der Waals surface area contributed by atoms with Crippen molar-refractivity contribution in [2.24, 2.45) is 5.84 Å². The van der Waals surface area contributed by atoms with Crippen LogP contribution in [-0.4, -0.2) is 34.3 Å². The molecule has 2 heterocycles. The van der Waals surface area contributed by atoms with E-state index in [2.05, 4.69) is 20.3 Å². The third kappa shape index (κ3) is 2.83. The monoisotopic (exact) mass is 237 g/mol. The van der Waals surface area contributed by atoms with Crippen molar-refractivity contribution in [3.63, 3.8) is 0 Å². The normalized spacial score (nSPS) is 19.6. The van der Waals surface area contributed by atoms with E-state index in [4.69, 9.17) is 10.9 Å². The van der Waals surface area contributed by atoms with Crippen LogP contribution in [0, 0.1) is 0 Å². The second-order valence-corrected chi connectivity index (χ2v) is 4.26. The van der Waals surface area contributed by atoms with Crippen molar-refractivity contribution in [3.05, 3.63) is 12.4 Å². The third-order valence-corrected chi connectivity index (χ3v) is 3.14. The molecule has 0 aromatic carbocycles. The van der Waals surface area contributed by atoms with Gasteiger partial charge in [0.15, 0.2) is 5.82 Å². The van der Waals surface area contributed by atoms with E-state index in [-0.39, 0.29) is 6.61 Å². The Morgan fingerprint density at radius 2 is 2.41 bits per heavy atom. The Kier molecular flexibility index (Phi) is 4.11. The number of aromatic nitrogens is 2. The zero-order chi connectivity index (χ0) is 12.1. The molecule has 1 fully saturated rings. The molecule has 94 valence electrons. The van der Waals surface area contributed by atoms with Gasteiger partial charge in [-0.3, -0.25) is 4.98 Å². The number of nitrogens with zero attached hydrogens (tertiary/aromatic N) is 3. The van der Waals surface area contributed by atoms with Gasteiger partial charge >= 0.3 is 0 Å². The molecule has 1 atom stereocenters. The molecule has 1 aromatic heterocycles. The Bertz CT molecular complexity index is 359. The maximum atomic E-state index is 8.89. The van der Waals surface area contributed by atoms with E-state index in [1.807, 2.05) is 0 Å². The SMILES string of the molecule is NNc1cncc(N2CCCC2CCCO)n1. The van der Waals surface area contributed by atoms with Crippen LogP contribution in [0.15, 0.2) is 12.4 Å². The van der Waals surface area contributed by atoms with Crippen LogP contribution in [0.25, 0.3) is 0 Å². The van der Waals surface area contributed by atoms with Gasteiger partial charge in [0.2, 0.25) is 0 Å². The molecule has 0 radical (unpaired) electrons. The second-order valence-electron chi connectivity index (χ2n) is 4.26. The lowest BCUT2D eigenvalue weighted by atomic mass is 10.1. The van der Waals surface area contributed by atoms with Crippen LogP contribution in [0.5, 0.6) is 0 Å². The molecule has 1 aliphatic heterocycles. The lowest BCUT2D eigenvalue weighted by molar-refractivity contribution is 0.279. The van der Waals surface area contributed by atoms with Gasteiger partial charge in [0.1, 0.15) is 5.82 Å². The van der Waals surface area contributed by atoms with Crippen molar-refractivity contribution in [2.75, 3.05) is 23.5 Å². The summed E-state index contributed by atoms with van der Waals surface area (Å²) < 4.78 is 0. The van der Waals surface area contributed by atoms with Crippen molar-refractivity contribution < 1.29 is 5.11 Å². The number of aliphatic hydroxyl groups is 1. The Labute approximate surface area is 101 Å². The van der Waals surface area contributed by atoms with Crippen molar-refractivity contribution in [2.45, 2.75) is 31.7 Å². The first-order chi connectivity index (χ1) is 8.35. The lowest BCUT2D eigenvalue weighted by Gasteiger charge is -2.25. The fraction of sp³-hybridized carbons (Fsp3) is 0.636. The molecule has 0 aliphatic carbocycles. The minimum absolute atomic E-state index is 0.250. The zero-order valence-electron chi connectivity index (χ0n) is 9.84. The highest BCUT2D eigenvalue weighted by Gasteiger charge is 2.25. The molecular formula is C11H19N5O. The number of nitrogens with two attached hydrogens (primary N) is 1. The molecule has 0 spiro atoms. The summed E-state index contributed by atoms with van der Waals surface area (Å²) in [6.07, 6.45) is 7.52. The predicted octanol–water partition coefficient (Wildman–Crippen LogP) is 0.503. The first-order valence-electron chi connectivity index (χ1n) is 6.01.